The maximum absolute atomic E-state index is 13.6. The highest BCUT2D eigenvalue weighted by atomic mass is 79.9. The monoisotopic (exact) mass is 724 g/mol. The van der Waals surface area contributed by atoms with Crippen LogP contribution in [0.4, 0.5) is 8.78 Å². The highest BCUT2D eigenvalue weighted by molar-refractivity contribution is 9.10. The number of nitrogens with zero attached hydrogens (tertiary/aromatic N) is 2. The van der Waals surface area contributed by atoms with Gasteiger partial charge in [-0.1, -0.05) is 22.0 Å². The Bertz CT molecular complexity index is 1790. The average molecular weight is 725 g/mol. The number of methoxy groups -OCH3 is 2. The van der Waals surface area contributed by atoms with E-state index < -0.39 is 41.9 Å². The normalized spacial score (nSPS) is 14.0. The van der Waals surface area contributed by atoms with Crippen LogP contribution in [0, 0.1) is 11.6 Å². The number of hydrogen-bond donors (Lipinski definition) is 0. The third-order valence-electron chi connectivity index (χ3n) is 7.52. The molecule has 1 fully saturated rings. The summed E-state index contributed by atoms with van der Waals surface area (Å²) >= 11 is 3.18. The molecule has 0 radical (unpaired) electrons. The molecule has 48 heavy (non-hydrogen) atoms. The molecule has 3 heterocycles. The van der Waals surface area contributed by atoms with Crippen molar-refractivity contribution in [3.05, 3.63) is 112 Å². The summed E-state index contributed by atoms with van der Waals surface area (Å²) in [5, 5.41) is 0. The number of carbonyl (C=O) groups excluding carboxylic acids is 4. The van der Waals surface area contributed by atoms with Gasteiger partial charge in [0, 0.05) is 39.0 Å². The molecule has 1 saturated heterocycles. The molecule has 2 aromatic carbocycles. The van der Waals surface area contributed by atoms with Crippen molar-refractivity contribution in [3.63, 3.8) is 0 Å². The number of aldehydes is 2. The van der Waals surface area contributed by atoms with Gasteiger partial charge in [0.05, 0.1) is 48.9 Å². The molecular weight excluding hydrogens is 693 g/mol. The van der Waals surface area contributed by atoms with Gasteiger partial charge in [-0.3, -0.25) is 19.6 Å². The van der Waals surface area contributed by atoms with E-state index in [2.05, 4.69) is 35.4 Å². The summed E-state index contributed by atoms with van der Waals surface area (Å²) in [6, 6.07) is 12.1. The predicted molar refractivity (Wildman–Crippen MR) is 177 cm³/mol. The highest BCUT2D eigenvalue weighted by Crippen LogP contribution is 2.36. The second kappa shape index (κ2) is 16.4. The third-order valence-corrected chi connectivity index (χ3v) is 8.24. The van der Waals surface area contributed by atoms with Crippen LogP contribution in [-0.4, -0.2) is 67.0 Å². The molecular formula is C34H32BBrF2N2O8. The molecule has 0 N–H and O–H groups in total. The second-order valence-electron chi connectivity index (χ2n) is 11.1. The van der Waals surface area contributed by atoms with Crippen LogP contribution in [0.3, 0.4) is 0 Å². The lowest BCUT2D eigenvalue weighted by Gasteiger charge is -2.32. The van der Waals surface area contributed by atoms with Crippen LogP contribution >= 0.6 is 15.9 Å². The van der Waals surface area contributed by atoms with Crippen LogP contribution in [0.2, 0.25) is 0 Å². The molecule has 5 rings (SSSR count). The molecule has 0 aliphatic carbocycles. The van der Waals surface area contributed by atoms with Gasteiger partial charge < -0.3 is 18.8 Å². The minimum Gasteiger partial charge on any atom is -0.465 e. The summed E-state index contributed by atoms with van der Waals surface area (Å²) in [5.41, 5.74) is 1.41. The molecule has 250 valence electrons. The number of hydrogen-bond acceptors (Lipinski definition) is 10. The molecule has 1 aliphatic rings. The number of aromatic nitrogens is 2. The number of ether oxygens (including phenoxy) is 2. The smallest absolute Gasteiger partial charge is 0.465 e. The summed E-state index contributed by atoms with van der Waals surface area (Å²) in [5.74, 6) is -1.93. The van der Waals surface area contributed by atoms with Crippen LogP contribution in [0.25, 0.3) is 11.1 Å². The van der Waals surface area contributed by atoms with Crippen molar-refractivity contribution >= 4 is 53.0 Å². The fraction of sp³-hybridized carbons (Fsp3) is 0.235. The van der Waals surface area contributed by atoms with E-state index in [1.165, 1.54) is 63.1 Å². The standard InChI is InChI=1S/C14H10FNO3.C11H15BFNO2.C9H7BrO3/c1-19-14(18)9-2-3-11(10(6-9)8-17)12-4-5-16-7-13(12)15;1-10(2)11(3,4)16-12(15-10)8-5-6-14-7-9(8)13;1-13-9(12)6-2-3-8(10)7(4-6)5-11/h2-8H,1H3;5-7H,1-4H3;2-5H,1H3. The molecule has 0 atom stereocenters. The van der Waals surface area contributed by atoms with E-state index in [1.807, 2.05) is 27.7 Å². The lowest BCUT2D eigenvalue weighted by molar-refractivity contribution is 0.00578. The Morgan fingerprint density at radius 2 is 1.25 bits per heavy atom. The number of esters is 2. The number of benzene rings is 2. The largest absolute Gasteiger partial charge is 0.497 e. The van der Waals surface area contributed by atoms with Crippen LogP contribution in [-0.2, 0) is 18.8 Å². The fourth-order valence-electron chi connectivity index (χ4n) is 4.17. The van der Waals surface area contributed by atoms with Crippen molar-refractivity contribution in [3.8, 4) is 11.1 Å². The van der Waals surface area contributed by atoms with Gasteiger partial charge in [0.1, 0.15) is 11.6 Å². The predicted octanol–water partition coefficient (Wildman–Crippen LogP) is 6.05. The SMILES string of the molecule is CC1(C)OB(c2ccncc2F)OC1(C)C.COC(=O)c1ccc(-c2ccncc2F)c(C=O)c1.COC(=O)c1ccc(Br)c(C=O)c1. The summed E-state index contributed by atoms with van der Waals surface area (Å²) in [6.07, 6.45) is 6.45. The Balaban J connectivity index is 0.000000199. The maximum atomic E-state index is 13.6. The molecule has 14 heteroatoms. The van der Waals surface area contributed by atoms with Gasteiger partial charge >= 0.3 is 19.1 Å². The fourth-order valence-corrected chi connectivity index (χ4v) is 4.51. The lowest BCUT2D eigenvalue weighted by atomic mass is 9.79. The molecule has 0 bridgehead atoms. The zero-order chi connectivity index (χ0) is 35.6. The van der Waals surface area contributed by atoms with E-state index in [1.54, 1.807) is 18.2 Å². The molecule has 0 amide bonds. The molecule has 4 aromatic rings. The van der Waals surface area contributed by atoms with Crippen molar-refractivity contribution in [1.82, 2.24) is 9.97 Å². The second-order valence-corrected chi connectivity index (χ2v) is 12.0. The van der Waals surface area contributed by atoms with Gasteiger partial charge in [-0.05, 0) is 75.7 Å². The Kier molecular flexibility index (Phi) is 13.0. The van der Waals surface area contributed by atoms with E-state index in [-0.39, 0.29) is 16.7 Å². The Morgan fingerprint density at radius 3 is 1.75 bits per heavy atom. The quantitative estimate of drug-likeness (QED) is 0.132. The zero-order valence-corrected chi connectivity index (χ0v) is 28.5. The Labute approximate surface area is 285 Å². The minimum atomic E-state index is -0.659. The molecule has 0 unspecified atom stereocenters. The van der Waals surface area contributed by atoms with Crippen molar-refractivity contribution in [1.29, 1.82) is 0 Å². The van der Waals surface area contributed by atoms with Gasteiger partial charge in [-0.25, -0.2) is 18.4 Å². The summed E-state index contributed by atoms with van der Waals surface area (Å²) in [7, 11) is 1.89. The zero-order valence-electron chi connectivity index (χ0n) is 27.0. The molecule has 1 aliphatic heterocycles. The summed E-state index contributed by atoms with van der Waals surface area (Å²) < 4.78 is 48.4. The van der Waals surface area contributed by atoms with E-state index in [9.17, 15) is 28.0 Å². The molecule has 0 saturated carbocycles. The summed E-state index contributed by atoms with van der Waals surface area (Å²) in [6.45, 7) is 7.75. The van der Waals surface area contributed by atoms with Gasteiger partial charge in [0.25, 0.3) is 0 Å². The van der Waals surface area contributed by atoms with E-state index in [0.29, 0.717) is 39.2 Å². The third kappa shape index (κ3) is 9.03. The first-order chi connectivity index (χ1) is 22.7. The lowest BCUT2D eigenvalue weighted by Crippen LogP contribution is -2.41. The topological polar surface area (TPSA) is 131 Å². The first kappa shape index (κ1) is 37.8. The number of halogens is 3. The first-order valence-electron chi connectivity index (χ1n) is 14.2. The van der Waals surface area contributed by atoms with Crippen molar-refractivity contribution in [2.75, 3.05) is 14.2 Å². The Morgan fingerprint density at radius 1 is 0.750 bits per heavy atom. The molecule has 0 spiro atoms. The van der Waals surface area contributed by atoms with E-state index in [4.69, 9.17) is 9.31 Å². The first-order valence-corrected chi connectivity index (χ1v) is 15.0. The van der Waals surface area contributed by atoms with Crippen LogP contribution in [0.5, 0.6) is 0 Å². The van der Waals surface area contributed by atoms with Crippen molar-refractivity contribution < 1.29 is 46.7 Å². The summed E-state index contributed by atoms with van der Waals surface area (Å²) in [4.78, 5) is 51.4. The average Bonchev–Trinajstić information content (AvgIpc) is 3.30. The van der Waals surface area contributed by atoms with Crippen LogP contribution in [0.1, 0.15) is 69.1 Å². The van der Waals surface area contributed by atoms with Gasteiger partial charge in [0.15, 0.2) is 12.6 Å². The van der Waals surface area contributed by atoms with E-state index >= 15 is 0 Å². The number of pyridine rings is 2. The number of carbonyl (C=O) groups is 4. The van der Waals surface area contributed by atoms with Gasteiger partial charge in [-0.2, -0.15) is 0 Å². The molecule has 2 aromatic heterocycles. The molecule has 10 nitrogen and oxygen atoms in total. The van der Waals surface area contributed by atoms with Crippen LogP contribution < -0.4 is 5.46 Å². The maximum Gasteiger partial charge on any atom is 0.497 e. The minimum absolute atomic E-state index is 0.216. The van der Waals surface area contributed by atoms with E-state index in [0.717, 1.165) is 6.20 Å². The Hall–Kier alpha value is -4.66. The number of rotatable bonds is 6. The van der Waals surface area contributed by atoms with Crippen molar-refractivity contribution in [2.45, 2.75) is 38.9 Å². The van der Waals surface area contributed by atoms with Gasteiger partial charge in [-0.15, -0.1) is 0 Å². The highest BCUT2D eigenvalue weighted by Gasteiger charge is 2.52. The van der Waals surface area contributed by atoms with Crippen LogP contribution in [0.15, 0.2) is 77.8 Å². The van der Waals surface area contributed by atoms with Crippen molar-refractivity contribution in [2.24, 2.45) is 0 Å². The van der Waals surface area contributed by atoms with Gasteiger partial charge in [0.2, 0.25) is 0 Å².